The molecule has 2 fully saturated rings. The van der Waals surface area contributed by atoms with Crippen molar-refractivity contribution in [3.63, 3.8) is 0 Å². The average molecular weight is 169 g/mol. The van der Waals surface area contributed by atoms with Crippen LogP contribution in [-0.2, 0) is 4.74 Å². The van der Waals surface area contributed by atoms with Crippen molar-refractivity contribution < 1.29 is 4.74 Å². The van der Waals surface area contributed by atoms with E-state index in [-0.39, 0.29) is 0 Å². The van der Waals surface area contributed by atoms with Gasteiger partial charge < -0.3 is 10.5 Å². The molecule has 0 radical (unpaired) electrons. The molecule has 0 aromatic carbocycles. The third kappa shape index (κ3) is 2.20. The van der Waals surface area contributed by atoms with Gasteiger partial charge in [-0.15, -0.1) is 0 Å². The normalized spacial score (nSPS) is 28.8. The highest BCUT2D eigenvalue weighted by Crippen LogP contribution is 2.35. The molecule has 2 N–H and O–H groups in total. The van der Waals surface area contributed by atoms with E-state index in [4.69, 9.17) is 10.5 Å². The van der Waals surface area contributed by atoms with Crippen LogP contribution in [0.2, 0.25) is 0 Å². The fourth-order valence-corrected chi connectivity index (χ4v) is 2.07. The Kier molecular flexibility index (Phi) is 2.66. The van der Waals surface area contributed by atoms with Gasteiger partial charge in [0.05, 0.1) is 0 Å². The molecule has 2 rings (SSSR count). The summed E-state index contributed by atoms with van der Waals surface area (Å²) in [7, 11) is 0. The van der Waals surface area contributed by atoms with E-state index in [9.17, 15) is 0 Å². The van der Waals surface area contributed by atoms with Crippen molar-refractivity contribution in [3.05, 3.63) is 0 Å². The maximum atomic E-state index is 6.13. The molecule has 0 aromatic heterocycles. The minimum absolute atomic E-state index is 0.460. The fourth-order valence-electron chi connectivity index (χ4n) is 2.07. The number of ether oxygens (including phenoxy) is 1. The largest absolute Gasteiger partial charge is 0.381 e. The fraction of sp³-hybridized carbons (Fsp3) is 1.00. The van der Waals surface area contributed by atoms with E-state index < -0.39 is 0 Å². The second kappa shape index (κ2) is 3.75. The van der Waals surface area contributed by atoms with Crippen molar-refractivity contribution in [1.29, 1.82) is 0 Å². The zero-order valence-corrected chi connectivity index (χ0v) is 7.67. The molecule has 1 aliphatic heterocycles. The average Bonchev–Trinajstić information content (AvgIpc) is 2.90. The Morgan fingerprint density at radius 2 is 1.83 bits per heavy atom. The van der Waals surface area contributed by atoms with Crippen LogP contribution < -0.4 is 5.73 Å². The Hall–Kier alpha value is -0.0800. The SMILES string of the molecule is NC(CC1CC1)C1CCOCC1. The van der Waals surface area contributed by atoms with E-state index in [1.54, 1.807) is 0 Å². The van der Waals surface area contributed by atoms with E-state index in [1.165, 1.54) is 32.1 Å². The van der Waals surface area contributed by atoms with Crippen molar-refractivity contribution in [2.75, 3.05) is 13.2 Å². The first-order valence-electron chi connectivity index (χ1n) is 5.19. The quantitative estimate of drug-likeness (QED) is 0.695. The molecule has 1 aliphatic carbocycles. The van der Waals surface area contributed by atoms with Crippen LogP contribution in [0.5, 0.6) is 0 Å². The molecule has 2 heteroatoms. The Morgan fingerprint density at radius 3 is 2.42 bits per heavy atom. The van der Waals surface area contributed by atoms with Gasteiger partial charge in [0.1, 0.15) is 0 Å². The van der Waals surface area contributed by atoms with Crippen molar-refractivity contribution in [2.24, 2.45) is 17.6 Å². The number of hydrogen-bond acceptors (Lipinski definition) is 2. The van der Waals surface area contributed by atoms with E-state index in [2.05, 4.69) is 0 Å². The second-order valence-electron chi connectivity index (χ2n) is 4.29. The number of nitrogens with two attached hydrogens (primary N) is 1. The molecule has 1 atom stereocenters. The van der Waals surface area contributed by atoms with Gasteiger partial charge in [-0.1, -0.05) is 12.8 Å². The van der Waals surface area contributed by atoms with Gasteiger partial charge in [-0.25, -0.2) is 0 Å². The van der Waals surface area contributed by atoms with Gasteiger partial charge in [0.25, 0.3) is 0 Å². The summed E-state index contributed by atoms with van der Waals surface area (Å²) in [6.07, 6.45) is 6.50. The first-order chi connectivity index (χ1) is 5.86. The summed E-state index contributed by atoms with van der Waals surface area (Å²) in [6.45, 7) is 1.87. The molecule has 70 valence electrons. The summed E-state index contributed by atoms with van der Waals surface area (Å²) < 4.78 is 5.31. The van der Waals surface area contributed by atoms with Gasteiger partial charge in [-0.05, 0) is 31.1 Å². The van der Waals surface area contributed by atoms with E-state index in [0.29, 0.717) is 6.04 Å². The maximum Gasteiger partial charge on any atom is 0.0469 e. The summed E-state index contributed by atoms with van der Waals surface area (Å²) >= 11 is 0. The molecular weight excluding hydrogens is 150 g/mol. The zero-order chi connectivity index (χ0) is 8.39. The van der Waals surface area contributed by atoms with E-state index in [0.717, 1.165) is 25.0 Å². The Labute approximate surface area is 74.5 Å². The van der Waals surface area contributed by atoms with Gasteiger partial charge >= 0.3 is 0 Å². The van der Waals surface area contributed by atoms with Crippen molar-refractivity contribution in [1.82, 2.24) is 0 Å². The summed E-state index contributed by atoms with van der Waals surface area (Å²) in [5.74, 6) is 1.72. The zero-order valence-electron chi connectivity index (χ0n) is 7.67. The Balaban J connectivity index is 1.72. The Bertz CT molecular complexity index is 139. The predicted molar refractivity (Wildman–Crippen MR) is 48.9 cm³/mol. The summed E-state index contributed by atoms with van der Waals surface area (Å²) in [5, 5.41) is 0. The standard InChI is InChI=1S/C10H19NO/c11-10(7-8-1-2-8)9-3-5-12-6-4-9/h8-10H,1-7,11H2. The van der Waals surface area contributed by atoms with E-state index >= 15 is 0 Å². The molecule has 2 nitrogen and oxygen atoms in total. The highest BCUT2D eigenvalue weighted by Gasteiger charge is 2.28. The third-order valence-corrected chi connectivity index (χ3v) is 3.17. The minimum atomic E-state index is 0.460. The van der Waals surface area contributed by atoms with Crippen LogP contribution in [0, 0.1) is 11.8 Å². The molecule has 1 unspecified atom stereocenters. The van der Waals surface area contributed by atoms with Gasteiger partial charge in [0, 0.05) is 19.3 Å². The molecule has 1 saturated heterocycles. The van der Waals surface area contributed by atoms with Crippen LogP contribution in [-0.4, -0.2) is 19.3 Å². The topological polar surface area (TPSA) is 35.2 Å². The molecular formula is C10H19NO. The smallest absolute Gasteiger partial charge is 0.0469 e. The highest BCUT2D eigenvalue weighted by molar-refractivity contribution is 4.83. The molecule has 0 aromatic rings. The van der Waals surface area contributed by atoms with Crippen LogP contribution >= 0.6 is 0 Å². The number of hydrogen-bond donors (Lipinski definition) is 1. The van der Waals surface area contributed by atoms with Crippen molar-refractivity contribution >= 4 is 0 Å². The monoisotopic (exact) mass is 169 g/mol. The first kappa shape index (κ1) is 8.52. The third-order valence-electron chi connectivity index (χ3n) is 3.17. The van der Waals surface area contributed by atoms with Crippen LogP contribution in [0.25, 0.3) is 0 Å². The predicted octanol–water partition coefficient (Wildman–Crippen LogP) is 1.54. The molecule has 1 heterocycles. The lowest BCUT2D eigenvalue weighted by Gasteiger charge is -2.27. The van der Waals surface area contributed by atoms with Crippen LogP contribution in [0.1, 0.15) is 32.1 Å². The van der Waals surface area contributed by atoms with Crippen molar-refractivity contribution in [3.8, 4) is 0 Å². The molecule has 0 spiro atoms. The summed E-state index contributed by atoms with van der Waals surface area (Å²) in [5.41, 5.74) is 6.13. The molecule has 0 bridgehead atoms. The van der Waals surface area contributed by atoms with Crippen LogP contribution in [0.4, 0.5) is 0 Å². The molecule has 0 amide bonds. The lowest BCUT2D eigenvalue weighted by molar-refractivity contribution is 0.0569. The van der Waals surface area contributed by atoms with Crippen LogP contribution in [0.3, 0.4) is 0 Å². The Morgan fingerprint density at radius 1 is 1.17 bits per heavy atom. The summed E-state index contributed by atoms with van der Waals surface area (Å²) in [6, 6.07) is 0.460. The van der Waals surface area contributed by atoms with Gasteiger partial charge in [-0.3, -0.25) is 0 Å². The lowest BCUT2D eigenvalue weighted by Crippen LogP contribution is -2.34. The molecule has 12 heavy (non-hydrogen) atoms. The molecule has 2 aliphatic rings. The van der Waals surface area contributed by atoms with E-state index in [1.807, 2.05) is 0 Å². The van der Waals surface area contributed by atoms with Gasteiger partial charge in [-0.2, -0.15) is 0 Å². The second-order valence-corrected chi connectivity index (χ2v) is 4.29. The van der Waals surface area contributed by atoms with Crippen LogP contribution in [0.15, 0.2) is 0 Å². The number of rotatable bonds is 3. The van der Waals surface area contributed by atoms with Crippen molar-refractivity contribution in [2.45, 2.75) is 38.1 Å². The van der Waals surface area contributed by atoms with Gasteiger partial charge in [0.15, 0.2) is 0 Å². The van der Waals surface area contributed by atoms with Gasteiger partial charge in [0.2, 0.25) is 0 Å². The highest BCUT2D eigenvalue weighted by atomic mass is 16.5. The minimum Gasteiger partial charge on any atom is -0.381 e. The lowest BCUT2D eigenvalue weighted by atomic mass is 9.89. The first-order valence-corrected chi connectivity index (χ1v) is 5.19. The summed E-state index contributed by atoms with van der Waals surface area (Å²) in [4.78, 5) is 0. The maximum absolute atomic E-state index is 6.13. The molecule has 1 saturated carbocycles.